The van der Waals surface area contributed by atoms with Gasteiger partial charge in [-0.1, -0.05) is 5.43 Å². The maximum Gasteiger partial charge on any atom is 0.385 e. The normalized spacial score (nSPS) is 24.9. The van der Waals surface area contributed by atoms with E-state index in [1.807, 2.05) is 0 Å². The fourth-order valence-electron chi connectivity index (χ4n) is 0.734. The van der Waals surface area contributed by atoms with E-state index in [4.69, 9.17) is 0 Å². The van der Waals surface area contributed by atoms with E-state index in [0.717, 1.165) is 12.8 Å². The summed E-state index contributed by atoms with van der Waals surface area (Å²) in [6, 6.07) is -0.0231. The SMILES string of the molecule is O=C1[N]N=NN1C1CC1. The topological polar surface area (TPSA) is 59.1 Å². The van der Waals surface area contributed by atoms with E-state index >= 15 is 0 Å². The van der Waals surface area contributed by atoms with Gasteiger partial charge in [-0.05, 0) is 23.3 Å². The van der Waals surface area contributed by atoms with Crippen molar-refractivity contribution in [3.05, 3.63) is 0 Å². The summed E-state index contributed by atoms with van der Waals surface area (Å²) in [5, 5.41) is 8.09. The molecule has 0 aromatic carbocycles. The van der Waals surface area contributed by atoms with Gasteiger partial charge < -0.3 is 0 Å². The summed E-state index contributed by atoms with van der Waals surface area (Å²) in [6.07, 6.45) is 2.08. The molecule has 1 saturated carbocycles. The number of carbonyl (C=O) groups is 1. The first-order valence-corrected chi connectivity index (χ1v) is 2.83. The van der Waals surface area contributed by atoms with Gasteiger partial charge in [0, 0.05) is 0 Å². The minimum atomic E-state index is -0.322. The first kappa shape index (κ1) is 4.72. The molecule has 0 saturated heterocycles. The van der Waals surface area contributed by atoms with Crippen LogP contribution in [-0.4, -0.2) is 17.1 Å². The van der Waals surface area contributed by atoms with Crippen molar-refractivity contribution in [1.29, 1.82) is 0 Å². The standard InChI is InChI=1S/C4H5N4O/c9-4-5-6-7-8(4)3-1-2-3/h3H,1-2H2. The molecule has 0 atom stereocenters. The van der Waals surface area contributed by atoms with E-state index < -0.39 is 0 Å². The number of hydrogen-bond acceptors (Lipinski definition) is 3. The van der Waals surface area contributed by atoms with Crippen molar-refractivity contribution in [2.45, 2.75) is 18.9 Å². The highest BCUT2D eigenvalue weighted by Crippen LogP contribution is 2.28. The average Bonchev–Trinajstić information content (AvgIpc) is 2.58. The Balaban J connectivity index is 2.09. The maximum absolute atomic E-state index is 10.6. The number of hydrogen-bond donors (Lipinski definition) is 0. The van der Waals surface area contributed by atoms with Crippen molar-refractivity contribution in [3.8, 4) is 0 Å². The highest BCUT2D eigenvalue weighted by molar-refractivity contribution is 5.74. The van der Waals surface area contributed by atoms with Crippen LogP contribution in [0, 0.1) is 0 Å². The number of amides is 2. The molecule has 5 heteroatoms. The molecular formula is C4H5N4O. The molecule has 1 fully saturated rings. The Hall–Kier alpha value is -1.13. The molecule has 5 nitrogen and oxygen atoms in total. The van der Waals surface area contributed by atoms with Gasteiger partial charge in [-0.15, -0.1) is 0 Å². The molecule has 2 amide bonds. The monoisotopic (exact) mass is 125 g/mol. The van der Waals surface area contributed by atoms with Gasteiger partial charge >= 0.3 is 6.03 Å². The molecule has 2 aliphatic rings. The molecule has 0 spiro atoms. The molecule has 2 rings (SSSR count). The predicted octanol–water partition coefficient (Wildman–Crippen LogP) is 0.471. The zero-order valence-corrected chi connectivity index (χ0v) is 4.69. The molecule has 47 valence electrons. The van der Waals surface area contributed by atoms with E-state index in [2.05, 4.69) is 15.9 Å². The van der Waals surface area contributed by atoms with Gasteiger partial charge in [-0.25, -0.2) is 4.79 Å². The van der Waals surface area contributed by atoms with Crippen molar-refractivity contribution < 1.29 is 4.79 Å². The van der Waals surface area contributed by atoms with E-state index in [1.165, 1.54) is 5.01 Å². The van der Waals surface area contributed by atoms with Crippen LogP contribution < -0.4 is 5.43 Å². The summed E-state index contributed by atoms with van der Waals surface area (Å²) >= 11 is 0. The maximum atomic E-state index is 10.6. The molecule has 9 heavy (non-hydrogen) atoms. The average molecular weight is 125 g/mol. The minimum absolute atomic E-state index is 0.299. The molecule has 1 aliphatic carbocycles. The van der Waals surface area contributed by atoms with Crippen molar-refractivity contribution in [1.82, 2.24) is 10.4 Å². The third kappa shape index (κ3) is 0.647. The first-order valence-electron chi connectivity index (χ1n) is 2.83. The Morgan fingerprint density at radius 2 is 2.33 bits per heavy atom. The molecule has 0 aromatic heterocycles. The Kier molecular flexibility index (Phi) is 0.750. The molecule has 1 aliphatic heterocycles. The Bertz CT molecular complexity index is 173. The van der Waals surface area contributed by atoms with Gasteiger partial charge in [-0.3, -0.25) is 0 Å². The third-order valence-electron chi connectivity index (χ3n) is 1.36. The highest BCUT2D eigenvalue weighted by atomic mass is 16.2. The summed E-state index contributed by atoms with van der Waals surface area (Å²) in [5.41, 5.74) is 3.22. The van der Waals surface area contributed by atoms with Crippen molar-refractivity contribution >= 4 is 6.03 Å². The molecule has 0 unspecified atom stereocenters. The predicted molar refractivity (Wildman–Crippen MR) is 27.2 cm³/mol. The largest absolute Gasteiger partial charge is 0.385 e. The van der Waals surface area contributed by atoms with Gasteiger partial charge in [0.1, 0.15) is 0 Å². The lowest BCUT2D eigenvalue weighted by atomic mass is 10.7. The van der Waals surface area contributed by atoms with Crippen LogP contribution in [-0.2, 0) is 0 Å². The van der Waals surface area contributed by atoms with Crippen LogP contribution in [0.3, 0.4) is 0 Å². The van der Waals surface area contributed by atoms with Gasteiger partial charge in [0.2, 0.25) is 0 Å². The number of rotatable bonds is 1. The smallest absolute Gasteiger partial charge is 0.242 e. The van der Waals surface area contributed by atoms with Crippen molar-refractivity contribution in [3.63, 3.8) is 0 Å². The summed E-state index contributed by atoms with van der Waals surface area (Å²) in [4.78, 5) is 10.6. The molecule has 0 aromatic rings. The second-order valence-corrected chi connectivity index (χ2v) is 2.14. The lowest BCUT2D eigenvalue weighted by molar-refractivity contribution is 0.209. The quantitative estimate of drug-likeness (QED) is 0.502. The number of carbonyl (C=O) groups excluding carboxylic acids is 1. The van der Waals surface area contributed by atoms with Crippen LogP contribution in [0.1, 0.15) is 12.8 Å². The summed E-state index contributed by atoms with van der Waals surface area (Å²) in [7, 11) is 0. The van der Waals surface area contributed by atoms with Crippen LogP contribution in [0.25, 0.3) is 0 Å². The van der Waals surface area contributed by atoms with Crippen LogP contribution in [0.5, 0.6) is 0 Å². The van der Waals surface area contributed by atoms with Gasteiger partial charge in [0.25, 0.3) is 0 Å². The zero-order valence-electron chi connectivity index (χ0n) is 4.69. The zero-order chi connectivity index (χ0) is 6.27. The fourth-order valence-corrected chi connectivity index (χ4v) is 0.734. The van der Waals surface area contributed by atoms with Crippen molar-refractivity contribution in [2.24, 2.45) is 10.4 Å². The minimum Gasteiger partial charge on any atom is -0.242 e. The number of nitrogens with zero attached hydrogens (tertiary/aromatic N) is 4. The van der Waals surface area contributed by atoms with Crippen LogP contribution in [0.4, 0.5) is 4.79 Å². The summed E-state index contributed by atoms with van der Waals surface area (Å²) in [6.45, 7) is 0. The Morgan fingerprint density at radius 1 is 1.56 bits per heavy atom. The summed E-state index contributed by atoms with van der Waals surface area (Å²) < 4.78 is 0. The lowest BCUT2D eigenvalue weighted by Crippen LogP contribution is -2.25. The Morgan fingerprint density at radius 3 is 2.78 bits per heavy atom. The second kappa shape index (κ2) is 1.43. The van der Waals surface area contributed by atoms with Crippen LogP contribution in [0.15, 0.2) is 10.4 Å². The summed E-state index contributed by atoms with van der Waals surface area (Å²) in [5.74, 6) is 0. The first-order chi connectivity index (χ1) is 4.38. The molecule has 1 heterocycles. The van der Waals surface area contributed by atoms with E-state index in [0.29, 0.717) is 6.04 Å². The molecule has 0 N–H and O–H groups in total. The van der Waals surface area contributed by atoms with Gasteiger partial charge in [0.15, 0.2) is 0 Å². The third-order valence-corrected chi connectivity index (χ3v) is 1.36. The van der Waals surface area contributed by atoms with Gasteiger partial charge in [-0.2, -0.15) is 5.01 Å². The number of urea groups is 1. The highest BCUT2D eigenvalue weighted by Gasteiger charge is 2.36. The van der Waals surface area contributed by atoms with Crippen LogP contribution in [0.2, 0.25) is 0 Å². The van der Waals surface area contributed by atoms with E-state index in [-0.39, 0.29) is 6.03 Å². The van der Waals surface area contributed by atoms with E-state index in [9.17, 15) is 4.79 Å². The molecule has 0 bridgehead atoms. The Labute approximate surface area is 51.7 Å². The molecule has 1 radical (unpaired) electrons. The lowest BCUT2D eigenvalue weighted by Gasteiger charge is -2.02. The molecular weight excluding hydrogens is 120 g/mol. The second-order valence-electron chi connectivity index (χ2n) is 2.14. The van der Waals surface area contributed by atoms with Crippen molar-refractivity contribution in [2.75, 3.05) is 0 Å². The van der Waals surface area contributed by atoms with Crippen LogP contribution >= 0.6 is 0 Å². The van der Waals surface area contributed by atoms with Gasteiger partial charge in [0.05, 0.1) is 6.04 Å². The fraction of sp³-hybridized carbons (Fsp3) is 0.750. The van der Waals surface area contributed by atoms with E-state index in [1.54, 1.807) is 0 Å².